The van der Waals surface area contributed by atoms with E-state index in [9.17, 15) is 4.79 Å². The van der Waals surface area contributed by atoms with Crippen molar-refractivity contribution in [2.45, 2.75) is 72.3 Å². The number of rotatable bonds is 5. The molecule has 0 N–H and O–H groups in total. The monoisotopic (exact) mass is 320 g/mol. The average Bonchev–Trinajstić information content (AvgIpc) is 2.90. The second kappa shape index (κ2) is 7.11. The van der Waals surface area contributed by atoms with Crippen LogP contribution in [0.1, 0.15) is 66.7 Å². The second-order valence-electron chi connectivity index (χ2n) is 8.45. The van der Waals surface area contributed by atoms with Crippen LogP contribution >= 0.6 is 0 Å². The summed E-state index contributed by atoms with van der Waals surface area (Å²) in [5, 5.41) is 0. The fourth-order valence-corrected chi connectivity index (χ4v) is 3.43. The first kappa shape index (κ1) is 18.1. The number of allylic oxidation sites excluding steroid dienone is 3. The summed E-state index contributed by atoms with van der Waals surface area (Å²) in [7, 11) is 0. The molecule has 0 spiro atoms. The molecule has 0 amide bonds. The van der Waals surface area contributed by atoms with Crippen LogP contribution in [0.15, 0.2) is 24.0 Å². The van der Waals surface area contributed by atoms with Crippen molar-refractivity contribution in [3.63, 3.8) is 0 Å². The Hall–Kier alpha value is -1.25. The number of hydrogen-bond donors (Lipinski definition) is 0. The van der Waals surface area contributed by atoms with E-state index in [1.54, 1.807) is 0 Å². The van der Waals surface area contributed by atoms with Crippen LogP contribution in [0.5, 0.6) is 0 Å². The first-order chi connectivity index (χ1) is 10.7. The Morgan fingerprint density at radius 3 is 2.61 bits per heavy atom. The van der Waals surface area contributed by atoms with Crippen LogP contribution in [0.3, 0.4) is 0 Å². The summed E-state index contributed by atoms with van der Waals surface area (Å²) in [4.78, 5) is 12.0. The summed E-state index contributed by atoms with van der Waals surface area (Å²) in [6.07, 6.45) is 11.5. The summed E-state index contributed by atoms with van der Waals surface area (Å²) < 4.78 is 11.3. The normalized spacial score (nSPS) is 24.9. The molecule has 2 rings (SSSR count). The van der Waals surface area contributed by atoms with Crippen molar-refractivity contribution in [1.29, 1.82) is 0 Å². The molecule has 0 aromatic heterocycles. The van der Waals surface area contributed by atoms with Gasteiger partial charge < -0.3 is 9.47 Å². The minimum atomic E-state index is -0.277. The third-order valence-electron chi connectivity index (χ3n) is 5.46. The molecular formula is C20H32O3. The molecule has 1 saturated carbocycles. The van der Waals surface area contributed by atoms with Gasteiger partial charge in [0.15, 0.2) is 6.61 Å². The van der Waals surface area contributed by atoms with Gasteiger partial charge in [-0.15, -0.1) is 0 Å². The van der Waals surface area contributed by atoms with E-state index in [1.165, 1.54) is 0 Å². The van der Waals surface area contributed by atoms with Crippen molar-refractivity contribution in [2.75, 3.05) is 6.61 Å². The van der Waals surface area contributed by atoms with E-state index < -0.39 is 0 Å². The fourth-order valence-electron chi connectivity index (χ4n) is 3.43. The van der Waals surface area contributed by atoms with Gasteiger partial charge >= 0.3 is 5.97 Å². The Balaban J connectivity index is 1.86. The summed E-state index contributed by atoms with van der Waals surface area (Å²) in [5.74, 6) is 1.55. The van der Waals surface area contributed by atoms with E-state index in [0.717, 1.165) is 37.9 Å². The van der Waals surface area contributed by atoms with Gasteiger partial charge in [0.2, 0.25) is 0 Å². The standard InChI is InChI=1S/C20H32O3/c1-15(19(2,3)4)16-9-8-10-17(13-16)22-14-18(21)23-20(5)11-6-7-12-20/h8,10,13,15-16H,6-7,9,11-12,14H2,1-5H3. The molecule has 2 atom stereocenters. The van der Waals surface area contributed by atoms with Gasteiger partial charge in [0.05, 0.1) is 0 Å². The Labute approximate surface area is 141 Å². The largest absolute Gasteiger partial charge is 0.482 e. The molecule has 3 heteroatoms. The van der Waals surface area contributed by atoms with E-state index in [2.05, 4.69) is 39.8 Å². The lowest BCUT2D eigenvalue weighted by molar-refractivity contribution is -0.161. The van der Waals surface area contributed by atoms with Crippen molar-refractivity contribution >= 4 is 5.97 Å². The Kier molecular flexibility index (Phi) is 5.59. The molecule has 2 unspecified atom stereocenters. The Bertz CT molecular complexity index is 476. The van der Waals surface area contributed by atoms with E-state index in [0.29, 0.717) is 11.8 Å². The third-order valence-corrected chi connectivity index (χ3v) is 5.46. The number of ether oxygens (including phenoxy) is 2. The molecule has 1 fully saturated rings. The van der Waals surface area contributed by atoms with Crippen molar-refractivity contribution < 1.29 is 14.3 Å². The lowest BCUT2D eigenvalue weighted by Crippen LogP contribution is -2.30. The van der Waals surface area contributed by atoms with E-state index in [-0.39, 0.29) is 23.6 Å². The Morgan fingerprint density at radius 1 is 1.35 bits per heavy atom. The topological polar surface area (TPSA) is 35.5 Å². The molecular weight excluding hydrogens is 288 g/mol. The molecule has 0 heterocycles. The quantitative estimate of drug-likeness (QED) is 0.667. The van der Waals surface area contributed by atoms with E-state index in [1.807, 2.05) is 13.0 Å². The highest BCUT2D eigenvalue weighted by molar-refractivity contribution is 5.71. The molecule has 0 aliphatic heterocycles. The lowest BCUT2D eigenvalue weighted by Gasteiger charge is -2.33. The maximum Gasteiger partial charge on any atom is 0.344 e. The van der Waals surface area contributed by atoms with Crippen molar-refractivity contribution in [2.24, 2.45) is 17.3 Å². The maximum absolute atomic E-state index is 12.0. The van der Waals surface area contributed by atoms with E-state index >= 15 is 0 Å². The number of esters is 1. The first-order valence-corrected chi connectivity index (χ1v) is 8.93. The molecule has 0 radical (unpaired) electrons. The zero-order valence-electron chi connectivity index (χ0n) is 15.4. The van der Waals surface area contributed by atoms with Gasteiger partial charge in [-0.05, 0) is 68.4 Å². The van der Waals surface area contributed by atoms with E-state index in [4.69, 9.17) is 9.47 Å². The maximum atomic E-state index is 12.0. The molecule has 2 aliphatic carbocycles. The highest BCUT2D eigenvalue weighted by atomic mass is 16.6. The third kappa shape index (κ3) is 5.12. The SMILES string of the molecule is CC(C1C=C(OCC(=O)OC2(C)CCCC2)C=CC1)C(C)(C)C. The van der Waals surface area contributed by atoms with Crippen LogP contribution in [-0.2, 0) is 14.3 Å². The second-order valence-corrected chi connectivity index (χ2v) is 8.45. The van der Waals surface area contributed by atoms with Gasteiger partial charge in [0.1, 0.15) is 11.4 Å². The minimum absolute atomic E-state index is 0.00236. The highest BCUT2D eigenvalue weighted by Crippen LogP contribution is 2.36. The number of hydrogen-bond acceptors (Lipinski definition) is 3. The molecule has 0 bridgehead atoms. The smallest absolute Gasteiger partial charge is 0.344 e. The predicted molar refractivity (Wildman–Crippen MR) is 92.9 cm³/mol. The zero-order chi connectivity index (χ0) is 17.1. The highest BCUT2D eigenvalue weighted by Gasteiger charge is 2.33. The molecule has 0 aromatic carbocycles. The van der Waals surface area contributed by atoms with Crippen LogP contribution in [0.4, 0.5) is 0 Å². The van der Waals surface area contributed by atoms with Gasteiger partial charge in [-0.3, -0.25) is 0 Å². The molecule has 2 aliphatic rings. The number of carbonyl (C=O) groups is 1. The summed E-state index contributed by atoms with van der Waals surface area (Å²) >= 11 is 0. The lowest BCUT2D eigenvalue weighted by atomic mass is 9.72. The van der Waals surface area contributed by atoms with Gasteiger partial charge in [-0.25, -0.2) is 4.79 Å². The summed E-state index contributed by atoms with van der Waals surface area (Å²) in [5.41, 5.74) is -0.0199. The van der Waals surface area contributed by atoms with Crippen LogP contribution in [0, 0.1) is 17.3 Å². The molecule has 23 heavy (non-hydrogen) atoms. The minimum Gasteiger partial charge on any atom is -0.482 e. The summed E-state index contributed by atoms with van der Waals surface area (Å²) in [6.45, 7) is 11.1. The number of carbonyl (C=O) groups excluding carboxylic acids is 1. The van der Waals surface area contributed by atoms with Crippen molar-refractivity contribution in [1.82, 2.24) is 0 Å². The first-order valence-electron chi connectivity index (χ1n) is 8.93. The molecule has 130 valence electrons. The molecule has 0 aromatic rings. The van der Waals surface area contributed by atoms with Crippen LogP contribution in [0.2, 0.25) is 0 Å². The summed E-state index contributed by atoms with van der Waals surface area (Å²) in [6, 6.07) is 0. The van der Waals surface area contributed by atoms with Gasteiger partial charge in [0, 0.05) is 0 Å². The van der Waals surface area contributed by atoms with Gasteiger partial charge in [0.25, 0.3) is 0 Å². The average molecular weight is 320 g/mol. The predicted octanol–water partition coefficient (Wildman–Crippen LogP) is 5.02. The molecule has 0 saturated heterocycles. The van der Waals surface area contributed by atoms with Crippen molar-refractivity contribution in [3.05, 3.63) is 24.0 Å². The van der Waals surface area contributed by atoms with Crippen molar-refractivity contribution in [3.8, 4) is 0 Å². The Morgan fingerprint density at radius 2 is 2.00 bits per heavy atom. The van der Waals surface area contributed by atoms with Gasteiger partial charge in [-0.1, -0.05) is 33.8 Å². The van der Waals surface area contributed by atoms with Crippen LogP contribution < -0.4 is 0 Å². The van der Waals surface area contributed by atoms with Gasteiger partial charge in [-0.2, -0.15) is 0 Å². The van der Waals surface area contributed by atoms with Crippen LogP contribution in [-0.4, -0.2) is 18.2 Å². The zero-order valence-corrected chi connectivity index (χ0v) is 15.4. The molecule has 3 nitrogen and oxygen atoms in total. The van der Waals surface area contributed by atoms with Crippen LogP contribution in [0.25, 0.3) is 0 Å². The fraction of sp³-hybridized carbons (Fsp3) is 0.750.